The molecule has 3 N–H and O–H groups in total. The molecule has 1 aromatic rings. The number of hydrogen-bond donors (Lipinski definition) is 2. The molecule has 2 amide bonds. The van der Waals surface area contributed by atoms with Crippen LogP contribution in [-0.2, 0) is 9.53 Å². The molecule has 0 saturated heterocycles. The number of nitrogens with zero attached hydrogens (tertiary/aromatic N) is 2. The number of nitrogens with two attached hydrogens (primary N) is 1. The first-order valence-electron chi connectivity index (χ1n) is 9.93. The lowest BCUT2D eigenvalue weighted by atomic mass is 9.93. The van der Waals surface area contributed by atoms with E-state index in [4.69, 9.17) is 10.5 Å². The third-order valence-corrected chi connectivity index (χ3v) is 4.71. The highest BCUT2D eigenvalue weighted by atomic mass is 16.6. The fourth-order valence-electron chi connectivity index (χ4n) is 3.28. The summed E-state index contributed by atoms with van der Waals surface area (Å²) in [5.74, 6) is 0.0552. The van der Waals surface area contributed by atoms with Crippen molar-refractivity contribution in [1.29, 1.82) is 0 Å². The number of hydrazone groups is 1. The Hall–Kier alpha value is -2.57. The maximum atomic E-state index is 12.3. The second-order valence-corrected chi connectivity index (χ2v) is 7.91. The standard InChI is InChI=1S/C21H32N4O3/c1-5-11-21(3,4)28-20(27)23-12-6-13-25-18(26)14-15(2)19(24-25)16-7-9-17(22)10-8-16/h7-10,15H,5-6,11-14,22H2,1-4H3,(H,23,27). The molecule has 1 aromatic carbocycles. The summed E-state index contributed by atoms with van der Waals surface area (Å²) in [6, 6.07) is 7.52. The zero-order chi connectivity index (χ0) is 20.7. The molecule has 1 unspecified atom stereocenters. The molecule has 2 rings (SSSR count). The minimum absolute atomic E-state index is 0.00153. The van der Waals surface area contributed by atoms with Crippen molar-refractivity contribution < 1.29 is 14.3 Å². The summed E-state index contributed by atoms with van der Waals surface area (Å²) in [6.07, 6.45) is 2.35. The van der Waals surface area contributed by atoms with Crippen molar-refractivity contribution in [1.82, 2.24) is 10.3 Å². The zero-order valence-electron chi connectivity index (χ0n) is 17.3. The van der Waals surface area contributed by atoms with E-state index in [0.717, 1.165) is 24.1 Å². The van der Waals surface area contributed by atoms with Gasteiger partial charge < -0.3 is 15.8 Å². The van der Waals surface area contributed by atoms with Gasteiger partial charge in [-0.05, 0) is 44.4 Å². The van der Waals surface area contributed by atoms with Crippen LogP contribution in [0.3, 0.4) is 0 Å². The van der Waals surface area contributed by atoms with Crippen LogP contribution in [-0.4, -0.2) is 41.4 Å². The molecule has 0 spiro atoms. The van der Waals surface area contributed by atoms with Gasteiger partial charge in [-0.15, -0.1) is 0 Å². The third-order valence-electron chi connectivity index (χ3n) is 4.71. The zero-order valence-corrected chi connectivity index (χ0v) is 17.3. The van der Waals surface area contributed by atoms with Gasteiger partial charge in [0.1, 0.15) is 5.60 Å². The van der Waals surface area contributed by atoms with E-state index in [0.29, 0.717) is 31.6 Å². The maximum Gasteiger partial charge on any atom is 0.407 e. The Bertz CT molecular complexity index is 713. The Morgan fingerprint density at radius 3 is 2.68 bits per heavy atom. The quantitative estimate of drug-likeness (QED) is 0.526. The highest BCUT2D eigenvalue weighted by Crippen LogP contribution is 2.21. The van der Waals surface area contributed by atoms with Crippen molar-refractivity contribution in [2.45, 2.75) is 59.0 Å². The number of nitrogen functional groups attached to an aromatic ring is 1. The fourth-order valence-corrected chi connectivity index (χ4v) is 3.28. The van der Waals surface area contributed by atoms with Crippen LogP contribution in [0, 0.1) is 5.92 Å². The van der Waals surface area contributed by atoms with E-state index in [-0.39, 0.29) is 11.8 Å². The van der Waals surface area contributed by atoms with Gasteiger partial charge in [0.05, 0.1) is 5.71 Å². The number of alkyl carbamates (subject to hydrolysis) is 1. The summed E-state index contributed by atoms with van der Waals surface area (Å²) in [5.41, 5.74) is 7.82. The normalized spacial score (nSPS) is 17.3. The van der Waals surface area contributed by atoms with E-state index in [1.165, 1.54) is 5.01 Å². The van der Waals surface area contributed by atoms with Gasteiger partial charge in [-0.1, -0.05) is 32.4 Å². The van der Waals surface area contributed by atoms with E-state index in [1.54, 1.807) is 0 Å². The van der Waals surface area contributed by atoms with Crippen LogP contribution in [0.1, 0.15) is 58.9 Å². The van der Waals surface area contributed by atoms with Crippen LogP contribution in [0.4, 0.5) is 10.5 Å². The fraction of sp³-hybridized carbons (Fsp3) is 0.571. The van der Waals surface area contributed by atoms with Crippen molar-refractivity contribution in [2.75, 3.05) is 18.8 Å². The molecular weight excluding hydrogens is 356 g/mol. The predicted molar refractivity (Wildman–Crippen MR) is 111 cm³/mol. The summed E-state index contributed by atoms with van der Waals surface area (Å²) in [7, 11) is 0. The van der Waals surface area contributed by atoms with Gasteiger partial charge in [0, 0.05) is 31.1 Å². The Morgan fingerprint density at radius 2 is 2.04 bits per heavy atom. The molecule has 28 heavy (non-hydrogen) atoms. The first kappa shape index (κ1) is 21.7. The number of anilines is 1. The molecule has 0 bridgehead atoms. The number of benzene rings is 1. The first-order chi connectivity index (χ1) is 13.2. The van der Waals surface area contributed by atoms with Crippen molar-refractivity contribution >= 4 is 23.4 Å². The van der Waals surface area contributed by atoms with E-state index in [9.17, 15) is 9.59 Å². The van der Waals surface area contributed by atoms with E-state index in [1.807, 2.05) is 45.0 Å². The summed E-state index contributed by atoms with van der Waals surface area (Å²) in [6.45, 7) is 8.72. The van der Waals surface area contributed by atoms with Gasteiger partial charge in [-0.25, -0.2) is 9.80 Å². The van der Waals surface area contributed by atoms with Gasteiger partial charge in [0.15, 0.2) is 0 Å². The number of carbonyl (C=O) groups excluding carboxylic acids is 2. The lowest BCUT2D eigenvalue weighted by Gasteiger charge is -2.28. The van der Waals surface area contributed by atoms with Crippen LogP contribution in [0.25, 0.3) is 0 Å². The van der Waals surface area contributed by atoms with Crippen LogP contribution >= 0.6 is 0 Å². The maximum absolute atomic E-state index is 12.3. The van der Waals surface area contributed by atoms with Crippen molar-refractivity contribution in [2.24, 2.45) is 11.0 Å². The van der Waals surface area contributed by atoms with Gasteiger partial charge in [-0.2, -0.15) is 5.10 Å². The average molecular weight is 389 g/mol. The topological polar surface area (TPSA) is 97.0 Å². The smallest absolute Gasteiger partial charge is 0.407 e. The molecule has 0 aliphatic carbocycles. The number of amides is 2. The Balaban J connectivity index is 1.88. The average Bonchev–Trinajstić information content (AvgIpc) is 2.60. The first-order valence-corrected chi connectivity index (χ1v) is 9.93. The molecule has 0 fully saturated rings. The van der Waals surface area contributed by atoms with E-state index < -0.39 is 11.7 Å². The number of ether oxygens (including phenoxy) is 1. The minimum Gasteiger partial charge on any atom is -0.444 e. The lowest BCUT2D eigenvalue weighted by Crippen LogP contribution is -2.39. The lowest BCUT2D eigenvalue weighted by molar-refractivity contribution is -0.132. The number of rotatable bonds is 8. The Morgan fingerprint density at radius 1 is 1.36 bits per heavy atom. The van der Waals surface area contributed by atoms with Crippen molar-refractivity contribution in [3.8, 4) is 0 Å². The van der Waals surface area contributed by atoms with Crippen LogP contribution < -0.4 is 11.1 Å². The second kappa shape index (κ2) is 9.57. The summed E-state index contributed by atoms with van der Waals surface area (Å²) in [5, 5.41) is 8.81. The molecule has 0 aromatic heterocycles. The highest BCUT2D eigenvalue weighted by molar-refractivity contribution is 6.05. The molecule has 7 nitrogen and oxygen atoms in total. The molecular formula is C21H32N4O3. The van der Waals surface area contributed by atoms with Crippen molar-refractivity contribution in [3.05, 3.63) is 29.8 Å². The summed E-state index contributed by atoms with van der Waals surface area (Å²) < 4.78 is 5.42. The van der Waals surface area contributed by atoms with Gasteiger partial charge >= 0.3 is 6.09 Å². The molecule has 1 atom stereocenters. The third kappa shape index (κ3) is 6.25. The monoisotopic (exact) mass is 388 g/mol. The SMILES string of the molecule is CCCC(C)(C)OC(=O)NCCCN1N=C(c2ccc(N)cc2)C(C)CC1=O. The van der Waals surface area contributed by atoms with E-state index >= 15 is 0 Å². The number of nitrogens with one attached hydrogen (secondary N) is 1. The number of carbonyl (C=O) groups is 2. The Labute approximate surface area is 167 Å². The van der Waals surface area contributed by atoms with Crippen LogP contribution in [0.5, 0.6) is 0 Å². The molecule has 0 saturated carbocycles. The minimum atomic E-state index is -0.476. The highest BCUT2D eigenvalue weighted by Gasteiger charge is 2.27. The predicted octanol–water partition coefficient (Wildman–Crippen LogP) is 3.54. The number of hydrogen-bond acceptors (Lipinski definition) is 5. The summed E-state index contributed by atoms with van der Waals surface area (Å²) in [4.78, 5) is 24.2. The molecule has 0 radical (unpaired) electrons. The molecule has 1 aliphatic heterocycles. The summed E-state index contributed by atoms with van der Waals surface area (Å²) >= 11 is 0. The van der Waals surface area contributed by atoms with Crippen LogP contribution in [0.2, 0.25) is 0 Å². The van der Waals surface area contributed by atoms with Gasteiger partial charge in [0.2, 0.25) is 5.91 Å². The largest absolute Gasteiger partial charge is 0.444 e. The van der Waals surface area contributed by atoms with Gasteiger partial charge in [0.25, 0.3) is 0 Å². The second-order valence-electron chi connectivity index (χ2n) is 7.91. The molecule has 1 heterocycles. The van der Waals surface area contributed by atoms with Gasteiger partial charge in [-0.3, -0.25) is 4.79 Å². The van der Waals surface area contributed by atoms with Crippen LogP contribution in [0.15, 0.2) is 29.4 Å². The van der Waals surface area contributed by atoms with Crippen molar-refractivity contribution in [3.63, 3.8) is 0 Å². The molecule has 1 aliphatic rings. The molecule has 7 heteroatoms. The van der Waals surface area contributed by atoms with E-state index in [2.05, 4.69) is 17.3 Å². The molecule has 154 valence electrons. The Kier molecular flexibility index (Phi) is 7.43.